The Balaban J connectivity index is 1.59. The van der Waals surface area contributed by atoms with Gasteiger partial charge in [-0.1, -0.05) is 36.4 Å². The van der Waals surface area contributed by atoms with E-state index in [0.29, 0.717) is 18.9 Å². The summed E-state index contributed by atoms with van der Waals surface area (Å²) in [6.07, 6.45) is -3.27. The quantitative estimate of drug-likeness (QED) is 0.810. The number of rotatable bonds is 5. The van der Waals surface area contributed by atoms with Gasteiger partial charge in [0.15, 0.2) is 0 Å². The van der Waals surface area contributed by atoms with Crippen LogP contribution in [0.3, 0.4) is 0 Å². The van der Waals surface area contributed by atoms with Crippen LogP contribution in [0.25, 0.3) is 0 Å². The van der Waals surface area contributed by atoms with Crippen LogP contribution in [-0.4, -0.2) is 27.5 Å². The molecule has 4 nitrogen and oxygen atoms in total. The van der Waals surface area contributed by atoms with Crippen LogP contribution in [-0.2, 0) is 22.7 Å². The fourth-order valence-electron chi connectivity index (χ4n) is 3.33. The number of hydrogen-bond donors (Lipinski definition) is 2. The number of hydrogen-bond acceptors (Lipinski definition) is 2. The van der Waals surface area contributed by atoms with Gasteiger partial charge in [-0.25, -0.2) is 13.1 Å². The number of nitrogens with one attached hydrogen (secondary N) is 2. The Bertz CT molecular complexity index is 862. The van der Waals surface area contributed by atoms with E-state index in [1.807, 2.05) is 18.2 Å². The molecule has 2 aromatic carbocycles. The number of alkyl halides is 3. The van der Waals surface area contributed by atoms with E-state index in [1.165, 1.54) is 16.5 Å². The molecule has 27 heavy (non-hydrogen) atoms. The Labute approximate surface area is 157 Å². The monoisotopic (exact) mass is 399 g/mol. The molecule has 2 aromatic rings. The van der Waals surface area contributed by atoms with E-state index in [2.05, 4.69) is 16.9 Å². The minimum atomic E-state index is -4.57. The summed E-state index contributed by atoms with van der Waals surface area (Å²) in [5.74, 6) is 0. The molecule has 8 heteroatoms. The zero-order valence-electron chi connectivity index (χ0n) is 14.7. The lowest BCUT2D eigenvalue weighted by molar-refractivity contribution is -0.918. The minimum Gasteiger partial charge on any atom is -0.331 e. The molecule has 1 saturated heterocycles. The number of piperidine rings is 1. The van der Waals surface area contributed by atoms with Crippen molar-refractivity contribution in [3.63, 3.8) is 0 Å². The highest BCUT2D eigenvalue weighted by Crippen LogP contribution is 2.30. The summed E-state index contributed by atoms with van der Waals surface area (Å²) in [5, 5.41) is 0. The van der Waals surface area contributed by atoms with Gasteiger partial charge in [-0.15, -0.1) is 0 Å². The number of halogens is 3. The molecule has 1 fully saturated rings. The van der Waals surface area contributed by atoms with Gasteiger partial charge in [-0.2, -0.15) is 13.2 Å². The van der Waals surface area contributed by atoms with Crippen molar-refractivity contribution in [2.75, 3.05) is 13.1 Å². The van der Waals surface area contributed by atoms with Crippen LogP contribution >= 0.6 is 0 Å². The van der Waals surface area contributed by atoms with Gasteiger partial charge >= 0.3 is 6.18 Å². The highest BCUT2D eigenvalue weighted by molar-refractivity contribution is 7.89. The standard InChI is InChI=1S/C19H21F3N2O2S/c20-19(21,22)16-7-4-8-18(13-16)27(25,26)23-17-9-11-24(12-10-17)14-15-5-2-1-3-6-15/h1-8,13,17,23H,9-12,14H2/p+1. The topological polar surface area (TPSA) is 50.6 Å². The molecule has 0 radical (unpaired) electrons. The normalized spacial score (nSPS) is 21.1. The highest BCUT2D eigenvalue weighted by Gasteiger charge is 2.32. The molecule has 0 aromatic heterocycles. The van der Waals surface area contributed by atoms with E-state index < -0.39 is 21.8 Å². The third-order valence-electron chi connectivity index (χ3n) is 4.78. The molecular formula is C19H22F3N2O2S+. The van der Waals surface area contributed by atoms with Gasteiger partial charge in [0, 0.05) is 24.4 Å². The zero-order chi connectivity index (χ0) is 19.5. The van der Waals surface area contributed by atoms with Gasteiger partial charge in [-0.05, 0) is 18.2 Å². The largest absolute Gasteiger partial charge is 0.416 e. The van der Waals surface area contributed by atoms with Gasteiger partial charge in [-0.3, -0.25) is 0 Å². The van der Waals surface area contributed by atoms with E-state index in [9.17, 15) is 21.6 Å². The third-order valence-corrected chi connectivity index (χ3v) is 6.30. The van der Waals surface area contributed by atoms with Crippen LogP contribution in [0, 0.1) is 0 Å². The maximum Gasteiger partial charge on any atom is 0.416 e. The molecule has 0 bridgehead atoms. The summed E-state index contributed by atoms with van der Waals surface area (Å²) in [6.45, 7) is 2.50. The van der Waals surface area contributed by atoms with Crippen LogP contribution in [0.2, 0.25) is 0 Å². The molecule has 0 atom stereocenters. The van der Waals surface area contributed by atoms with E-state index in [0.717, 1.165) is 31.8 Å². The summed E-state index contributed by atoms with van der Waals surface area (Å²) in [7, 11) is -3.98. The number of sulfonamides is 1. The Morgan fingerprint density at radius 3 is 2.30 bits per heavy atom. The van der Waals surface area contributed by atoms with Crippen molar-refractivity contribution in [1.82, 2.24) is 4.72 Å². The SMILES string of the molecule is O=S(=O)(NC1CC[NH+](Cc2ccccc2)CC1)c1cccc(C(F)(F)F)c1. The summed E-state index contributed by atoms with van der Waals surface area (Å²) in [4.78, 5) is 1.02. The Hall–Kier alpha value is -1.90. The highest BCUT2D eigenvalue weighted by atomic mass is 32.2. The van der Waals surface area contributed by atoms with Crippen molar-refractivity contribution in [1.29, 1.82) is 0 Å². The maximum absolute atomic E-state index is 12.8. The average molecular weight is 399 g/mol. The first-order valence-corrected chi connectivity index (χ1v) is 10.3. The number of quaternary nitrogens is 1. The summed E-state index contributed by atoms with van der Waals surface area (Å²) in [6, 6.07) is 13.7. The lowest BCUT2D eigenvalue weighted by Gasteiger charge is -2.29. The third kappa shape index (κ3) is 5.31. The molecule has 0 amide bonds. The van der Waals surface area contributed by atoms with Gasteiger partial charge in [0.2, 0.25) is 10.0 Å². The van der Waals surface area contributed by atoms with Crippen molar-refractivity contribution in [2.24, 2.45) is 0 Å². The number of benzene rings is 2. The van der Waals surface area contributed by atoms with Crippen molar-refractivity contribution in [2.45, 2.75) is 36.5 Å². The fourth-order valence-corrected chi connectivity index (χ4v) is 4.68. The van der Waals surface area contributed by atoms with Crippen molar-refractivity contribution in [3.05, 3.63) is 65.7 Å². The minimum absolute atomic E-state index is 0.260. The second kappa shape index (κ2) is 8.00. The Kier molecular flexibility index (Phi) is 5.88. The average Bonchev–Trinajstić information content (AvgIpc) is 2.63. The van der Waals surface area contributed by atoms with E-state index in [-0.39, 0.29) is 10.9 Å². The summed E-state index contributed by atoms with van der Waals surface area (Å²) in [5.41, 5.74) is 0.267. The second-order valence-corrected chi connectivity index (χ2v) is 8.55. The molecule has 1 aliphatic rings. The molecule has 1 aliphatic heterocycles. The Morgan fingerprint density at radius 2 is 1.67 bits per heavy atom. The Morgan fingerprint density at radius 1 is 1.00 bits per heavy atom. The molecule has 2 N–H and O–H groups in total. The van der Waals surface area contributed by atoms with Crippen LogP contribution < -0.4 is 9.62 Å². The lowest BCUT2D eigenvalue weighted by atomic mass is 10.1. The van der Waals surface area contributed by atoms with E-state index >= 15 is 0 Å². The molecule has 0 spiro atoms. The molecule has 0 unspecified atom stereocenters. The second-order valence-electron chi connectivity index (χ2n) is 6.83. The first kappa shape index (κ1) is 19.9. The summed E-state index contributed by atoms with van der Waals surface area (Å²) >= 11 is 0. The molecule has 146 valence electrons. The van der Waals surface area contributed by atoms with Crippen LogP contribution in [0.1, 0.15) is 24.0 Å². The van der Waals surface area contributed by atoms with Gasteiger partial charge < -0.3 is 4.90 Å². The van der Waals surface area contributed by atoms with E-state index in [4.69, 9.17) is 0 Å². The van der Waals surface area contributed by atoms with Crippen LogP contribution in [0.4, 0.5) is 13.2 Å². The molecule has 0 saturated carbocycles. The zero-order valence-corrected chi connectivity index (χ0v) is 15.5. The first-order valence-electron chi connectivity index (χ1n) is 8.81. The van der Waals surface area contributed by atoms with Gasteiger partial charge in [0.1, 0.15) is 6.54 Å². The number of likely N-dealkylation sites (tertiary alicyclic amines) is 1. The molecule has 1 heterocycles. The maximum atomic E-state index is 12.8. The molecule has 3 rings (SSSR count). The summed E-state index contributed by atoms with van der Waals surface area (Å²) < 4.78 is 66.0. The smallest absolute Gasteiger partial charge is 0.331 e. The predicted octanol–water partition coefficient (Wildman–Crippen LogP) is 2.23. The predicted molar refractivity (Wildman–Crippen MR) is 95.6 cm³/mol. The molecular weight excluding hydrogens is 377 g/mol. The fraction of sp³-hybridized carbons (Fsp3) is 0.368. The van der Waals surface area contributed by atoms with Crippen LogP contribution in [0.5, 0.6) is 0 Å². The lowest BCUT2D eigenvalue weighted by Crippen LogP contribution is -3.12. The van der Waals surface area contributed by atoms with Crippen LogP contribution in [0.15, 0.2) is 59.5 Å². The van der Waals surface area contributed by atoms with Gasteiger partial charge in [0.25, 0.3) is 0 Å². The van der Waals surface area contributed by atoms with Crippen molar-refractivity contribution >= 4 is 10.0 Å². The van der Waals surface area contributed by atoms with Gasteiger partial charge in [0.05, 0.1) is 23.5 Å². The van der Waals surface area contributed by atoms with Crippen molar-refractivity contribution in [3.8, 4) is 0 Å². The first-order chi connectivity index (χ1) is 12.7. The van der Waals surface area contributed by atoms with E-state index in [1.54, 1.807) is 0 Å². The van der Waals surface area contributed by atoms with Crippen molar-refractivity contribution < 1.29 is 26.5 Å². The molecule has 0 aliphatic carbocycles.